The summed E-state index contributed by atoms with van der Waals surface area (Å²) in [5, 5.41) is 10.9. The molecule has 112 valence electrons. The van der Waals surface area contributed by atoms with Crippen LogP contribution >= 0.6 is 0 Å². The molecule has 1 aliphatic heterocycles. The Kier molecular flexibility index (Phi) is 3.85. The number of hydrogen-bond acceptors (Lipinski definition) is 5. The van der Waals surface area contributed by atoms with Gasteiger partial charge in [-0.1, -0.05) is 6.92 Å². The van der Waals surface area contributed by atoms with Crippen LogP contribution in [0.5, 0.6) is 0 Å². The first-order chi connectivity index (χ1) is 10.2. The molecule has 2 aromatic rings. The minimum absolute atomic E-state index is 0.0678. The van der Waals surface area contributed by atoms with Crippen LogP contribution in [-0.4, -0.2) is 61.9 Å². The zero-order valence-electron chi connectivity index (χ0n) is 12.0. The molecule has 3 rings (SSSR count). The van der Waals surface area contributed by atoms with Gasteiger partial charge in [0, 0.05) is 38.6 Å². The molecule has 1 N–H and O–H groups in total. The predicted molar refractivity (Wildman–Crippen MR) is 76.6 cm³/mol. The van der Waals surface area contributed by atoms with Crippen molar-refractivity contribution in [3.05, 3.63) is 24.8 Å². The van der Waals surface area contributed by atoms with E-state index in [1.807, 2.05) is 24.1 Å². The van der Waals surface area contributed by atoms with Crippen LogP contribution in [0, 0.1) is 5.92 Å². The molecule has 21 heavy (non-hydrogen) atoms. The molecule has 2 aromatic heterocycles. The van der Waals surface area contributed by atoms with Crippen molar-refractivity contribution in [3.63, 3.8) is 0 Å². The van der Waals surface area contributed by atoms with E-state index in [1.54, 1.807) is 10.9 Å². The maximum Gasteiger partial charge on any atom is 0.227 e. The normalized spacial score (nSPS) is 17.0. The monoisotopic (exact) mass is 289 g/mol. The summed E-state index contributed by atoms with van der Waals surface area (Å²) >= 11 is 0. The molecule has 1 saturated heterocycles. The second-order valence-corrected chi connectivity index (χ2v) is 5.25. The number of nitrogens with zero attached hydrogens (tertiary/aromatic N) is 6. The highest BCUT2D eigenvalue weighted by Gasteiger charge is 2.26. The summed E-state index contributed by atoms with van der Waals surface area (Å²) in [5.41, 5.74) is 0. The highest BCUT2D eigenvalue weighted by Crippen LogP contribution is 2.12. The number of carbonyl (C=O) groups excluding carboxylic acids is 1. The zero-order valence-corrected chi connectivity index (χ0v) is 12.0. The number of amides is 1. The van der Waals surface area contributed by atoms with Crippen LogP contribution in [-0.2, 0) is 11.3 Å². The van der Waals surface area contributed by atoms with Crippen molar-refractivity contribution in [3.8, 4) is 0 Å². The number of aromatic nitrogens is 5. The van der Waals surface area contributed by atoms with Crippen LogP contribution < -0.4 is 4.90 Å². The molecule has 0 aromatic carbocycles. The second-order valence-electron chi connectivity index (χ2n) is 5.25. The number of anilines is 1. The summed E-state index contributed by atoms with van der Waals surface area (Å²) in [6.45, 7) is 5.54. The number of carbonyl (C=O) groups is 1. The van der Waals surface area contributed by atoms with Gasteiger partial charge in [0.05, 0.1) is 12.5 Å². The number of hydrogen-bond donors (Lipinski definition) is 1. The molecule has 1 fully saturated rings. The summed E-state index contributed by atoms with van der Waals surface area (Å²) < 4.78 is 1.80. The van der Waals surface area contributed by atoms with E-state index in [0.717, 1.165) is 19.0 Å². The molecule has 0 aliphatic carbocycles. The number of aromatic amines is 1. The first-order valence-electron chi connectivity index (χ1n) is 7.10. The van der Waals surface area contributed by atoms with Gasteiger partial charge in [-0.05, 0) is 6.07 Å². The first-order valence-corrected chi connectivity index (χ1v) is 7.10. The Bertz CT molecular complexity index is 557. The summed E-state index contributed by atoms with van der Waals surface area (Å²) in [6, 6.07) is 1.87. The Morgan fingerprint density at radius 2 is 2.19 bits per heavy atom. The lowest BCUT2D eigenvalue weighted by Crippen LogP contribution is -2.50. The molecule has 8 heteroatoms. The lowest BCUT2D eigenvalue weighted by Gasteiger charge is -2.35. The van der Waals surface area contributed by atoms with Gasteiger partial charge in [-0.25, -0.2) is 5.10 Å². The minimum atomic E-state index is -0.0678. The zero-order chi connectivity index (χ0) is 14.7. The molecule has 1 amide bonds. The van der Waals surface area contributed by atoms with Gasteiger partial charge < -0.3 is 9.80 Å². The van der Waals surface area contributed by atoms with E-state index >= 15 is 0 Å². The van der Waals surface area contributed by atoms with Crippen molar-refractivity contribution in [2.75, 3.05) is 31.1 Å². The maximum atomic E-state index is 12.4. The van der Waals surface area contributed by atoms with Crippen molar-refractivity contribution in [2.24, 2.45) is 5.92 Å². The van der Waals surface area contributed by atoms with E-state index in [2.05, 4.69) is 25.2 Å². The molecule has 0 unspecified atom stereocenters. The van der Waals surface area contributed by atoms with Crippen LogP contribution in [0.2, 0.25) is 0 Å². The van der Waals surface area contributed by atoms with Gasteiger partial charge in [-0.2, -0.15) is 15.2 Å². The van der Waals surface area contributed by atoms with Gasteiger partial charge in [-0.15, -0.1) is 0 Å². The van der Waals surface area contributed by atoms with Gasteiger partial charge in [0.2, 0.25) is 11.9 Å². The summed E-state index contributed by atoms with van der Waals surface area (Å²) in [6.07, 6.45) is 5.11. The van der Waals surface area contributed by atoms with Gasteiger partial charge in [0.15, 0.2) is 0 Å². The van der Waals surface area contributed by atoms with Crippen LogP contribution in [0.1, 0.15) is 6.92 Å². The van der Waals surface area contributed by atoms with E-state index in [-0.39, 0.29) is 11.8 Å². The van der Waals surface area contributed by atoms with E-state index in [4.69, 9.17) is 0 Å². The Hall–Kier alpha value is -2.38. The number of H-pyrrole nitrogens is 1. The highest BCUT2D eigenvalue weighted by atomic mass is 16.2. The van der Waals surface area contributed by atoms with E-state index in [9.17, 15) is 4.79 Å². The Morgan fingerprint density at radius 1 is 1.38 bits per heavy atom. The topological polar surface area (TPSA) is 82.9 Å². The smallest absolute Gasteiger partial charge is 0.227 e. The molecule has 1 atom stereocenters. The Balaban J connectivity index is 1.52. The van der Waals surface area contributed by atoms with Crippen molar-refractivity contribution < 1.29 is 4.79 Å². The highest BCUT2D eigenvalue weighted by molar-refractivity contribution is 5.78. The van der Waals surface area contributed by atoms with Crippen molar-refractivity contribution in [2.45, 2.75) is 13.5 Å². The quantitative estimate of drug-likeness (QED) is 0.855. The van der Waals surface area contributed by atoms with E-state index in [0.29, 0.717) is 19.6 Å². The molecule has 0 saturated carbocycles. The fourth-order valence-corrected chi connectivity index (χ4v) is 2.57. The van der Waals surface area contributed by atoms with Crippen LogP contribution in [0.4, 0.5) is 5.95 Å². The summed E-state index contributed by atoms with van der Waals surface area (Å²) in [4.78, 5) is 20.6. The van der Waals surface area contributed by atoms with Crippen LogP contribution in [0.3, 0.4) is 0 Å². The number of nitrogens with one attached hydrogen (secondary N) is 1. The largest absolute Gasteiger partial charge is 0.339 e. The van der Waals surface area contributed by atoms with Gasteiger partial charge in [0.25, 0.3) is 0 Å². The molecule has 8 nitrogen and oxygen atoms in total. The van der Waals surface area contributed by atoms with Gasteiger partial charge in [0.1, 0.15) is 6.33 Å². The lowest BCUT2D eigenvalue weighted by atomic mass is 10.1. The van der Waals surface area contributed by atoms with Crippen molar-refractivity contribution >= 4 is 11.9 Å². The molecule has 0 bridgehead atoms. The van der Waals surface area contributed by atoms with Gasteiger partial charge in [-0.3, -0.25) is 9.48 Å². The average Bonchev–Trinajstić information content (AvgIpc) is 3.20. The fraction of sp³-hybridized carbons (Fsp3) is 0.538. The third kappa shape index (κ3) is 3.04. The second kappa shape index (κ2) is 5.94. The molecular formula is C13H19N7O. The van der Waals surface area contributed by atoms with Crippen LogP contribution in [0.25, 0.3) is 0 Å². The third-order valence-electron chi connectivity index (χ3n) is 3.73. The third-order valence-corrected chi connectivity index (χ3v) is 3.73. The molecule has 1 aliphatic rings. The Labute approximate surface area is 122 Å². The van der Waals surface area contributed by atoms with Gasteiger partial charge >= 0.3 is 0 Å². The molecule has 0 spiro atoms. The molecule has 3 heterocycles. The number of rotatable bonds is 4. The lowest BCUT2D eigenvalue weighted by molar-refractivity contribution is -0.135. The summed E-state index contributed by atoms with van der Waals surface area (Å²) in [5.74, 6) is 0.885. The fourth-order valence-electron chi connectivity index (χ4n) is 2.57. The van der Waals surface area contributed by atoms with E-state index in [1.165, 1.54) is 6.33 Å². The SMILES string of the molecule is C[C@H](Cn1cccn1)C(=O)N1CCN(c2ncn[nH]2)CC1. The van der Waals surface area contributed by atoms with Crippen molar-refractivity contribution in [1.29, 1.82) is 0 Å². The molecular weight excluding hydrogens is 270 g/mol. The average molecular weight is 289 g/mol. The Morgan fingerprint density at radius 3 is 2.81 bits per heavy atom. The van der Waals surface area contributed by atoms with E-state index < -0.39 is 0 Å². The first kappa shape index (κ1) is 13.6. The summed E-state index contributed by atoms with van der Waals surface area (Å²) in [7, 11) is 0. The van der Waals surface area contributed by atoms with Crippen molar-refractivity contribution in [1.82, 2.24) is 29.9 Å². The molecule has 0 radical (unpaired) electrons. The maximum absolute atomic E-state index is 12.4. The predicted octanol–water partition coefficient (Wildman–Crippen LogP) is -0.0139. The standard InChI is InChI=1S/C13H19N7O/c1-11(9-20-4-2-3-16-20)12(21)18-5-7-19(8-6-18)13-14-10-15-17-13/h2-4,10-11H,5-9H2,1H3,(H,14,15,17)/t11-/m1/s1. The number of piperazine rings is 1. The van der Waals surface area contributed by atoms with Crippen LogP contribution in [0.15, 0.2) is 24.8 Å². The minimum Gasteiger partial charge on any atom is -0.339 e.